The molecule has 0 radical (unpaired) electrons. The third kappa shape index (κ3) is 5.14. The normalized spacial score (nSPS) is 16.6. The van der Waals surface area contributed by atoms with Crippen LogP contribution in [0.25, 0.3) is 0 Å². The number of aromatic nitrogens is 3. The van der Waals surface area contributed by atoms with E-state index in [1.165, 1.54) is 32.1 Å². The second-order valence-electron chi connectivity index (χ2n) is 7.94. The van der Waals surface area contributed by atoms with Crippen molar-refractivity contribution in [2.45, 2.75) is 78.0 Å². The summed E-state index contributed by atoms with van der Waals surface area (Å²) in [5, 5.41) is 7.59. The molecule has 0 aliphatic heterocycles. The fraction of sp³-hybridized carbons (Fsp3) is 0.824. The summed E-state index contributed by atoms with van der Waals surface area (Å²) in [6, 6.07) is 0.481. The second kappa shape index (κ2) is 7.78. The summed E-state index contributed by atoms with van der Waals surface area (Å²) in [5.41, 5.74) is -0.215. The molecule has 1 saturated carbocycles. The molecule has 7 heteroatoms. The highest BCUT2D eigenvalue weighted by atomic mass is 32.1. The van der Waals surface area contributed by atoms with Gasteiger partial charge in [-0.1, -0.05) is 19.3 Å². The number of carbonyl (C=O) groups excluding carboxylic acids is 1. The molecule has 0 bridgehead atoms. The molecular weight excluding hydrogens is 322 g/mol. The summed E-state index contributed by atoms with van der Waals surface area (Å²) in [4.78, 5) is 14.0. The summed E-state index contributed by atoms with van der Waals surface area (Å²) < 4.78 is 4.81. The van der Waals surface area contributed by atoms with Crippen LogP contribution in [0.4, 0.5) is 0 Å². The van der Waals surface area contributed by atoms with Crippen LogP contribution in [0.15, 0.2) is 0 Å². The lowest BCUT2D eigenvalue weighted by Gasteiger charge is -2.24. The lowest BCUT2D eigenvalue weighted by atomic mass is 9.95. The number of nitrogens with one attached hydrogen (secondary N) is 1. The Kier molecular flexibility index (Phi) is 6.20. The van der Waals surface area contributed by atoms with Crippen LogP contribution in [0.1, 0.15) is 64.7 Å². The van der Waals surface area contributed by atoms with Gasteiger partial charge in [0.2, 0.25) is 5.91 Å². The van der Waals surface area contributed by atoms with Gasteiger partial charge in [0.05, 0.1) is 13.2 Å². The number of hydrogen-bond acceptors (Lipinski definition) is 4. The molecule has 0 saturated heterocycles. The van der Waals surface area contributed by atoms with E-state index in [2.05, 4.69) is 15.0 Å². The highest BCUT2D eigenvalue weighted by Crippen LogP contribution is 2.29. The van der Waals surface area contributed by atoms with Crippen LogP contribution in [0, 0.1) is 11.7 Å². The van der Waals surface area contributed by atoms with Crippen molar-refractivity contribution in [3.8, 4) is 0 Å². The first kappa shape index (κ1) is 19.1. The average molecular weight is 354 g/mol. The SMILES string of the molecule is Cc1nn(CN(C)CC(=O)NC(C)(C)C)c(=S)n1C1CCCCC1. The number of likely N-dealkylation sites (N-methyl/N-ethyl adjacent to an activating group) is 1. The molecule has 24 heavy (non-hydrogen) atoms. The van der Waals surface area contributed by atoms with Crippen LogP contribution in [0.2, 0.25) is 0 Å². The summed E-state index contributed by atoms with van der Waals surface area (Å²) in [5.74, 6) is 0.986. The van der Waals surface area contributed by atoms with Crippen molar-refractivity contribution < 1.29 is 4.79 Å². The molecule has 0 spiro atoms. The van der Waals surface area contributed by atoms with Gasteiger partial charge in [0.1, 0.15) is 5.82 Å². The Balaban J connectivity index is 2.02. The highest BCUT2D eigenvalue weighted by molar-refractivity contribution is 7.71. The van der Waals surface area contributed by atoms with E-state index in [1.54, 1.807) is 0 Å². The van der Waals surface area contributed by atoms with Gasteiger partial charge in [-0.25, -0.2) is 4.68 Å². The first-order chi connectivity index (χ1) is 11.2. The Morgan fingerprint density at radius 1 is 1.33 bits per heavy atom. The maximum absolute atomic E-state index is 12.1. The van der Waals surface area contributed by atoms with Gasteiger partial charge in [-0.05, 0) is 59.8 Å². The van der Waals surface area contributed by atoms with Gasteiger partial charge in [-0.2, -0.15) is 5.10 Å². The Morgan fingerprint density at radius 2 is 1.96 bits per heavy atom. The molecule has 1 N–H and O–H groups in total. The van der Waals surface area contributed by atoms with Crippen LogP contribution in [-0.4, -0.2) is 44.3 Å². The molecule has 0 aromatic carbocycles. The summed E-state index contributed by atoms with van der Waals surface area (Å²) >= 11 is 5.65. The lowest BCUT2D eigenvalue weighted by Crippen LogP contribution is -2.45. The zero-order valence-electron chi connectivity index (χ0n) is 15.6. The fourth-order valence-corrected chi connectivity index (χ4v) is 3.74. The molecule has 136 valence electrons. The Morgan fingerprint density at radius 3 is 2.54 bits per heavy atom. The predicted molar refractivity (Wildman–Crippen MR) is 98.4 cm³/mol. The number of rotatable bonds is 5. The molecule has 6 nitrogen and oxygen atoms in total. The molecule has 0 atom stereocenters. The Bertz CT molecular complexity index is 622. The van der Waals surface area contributed by atoms with Crippen molar-refractivity contribution in [3.63, 3.8) is 0 Å². The quantitative estimate of drug-likeness (QED) is 0.827. The van der Waals surface area contributed by atoms with Crippen molar-refractivity contribution in [3.05, 3.63) is 10.6 Å². The minimum absolute atomic E-state index is 0.0138. The maximum Gasteiger partial charge on any atom is 0.234 e. The Hall–Kier alpha value is -1.21. The molecule has 1 aliphatic rings. The molecular formula is C17H31N5OS. The molecule has 2 rings (SSSR count). The fourth-order valence-electron chi connectivity index (χ4n) is 3.36. The topological polar surface area (TPSA) is 55.1 Å². The summed E-state index contributed by atoms with van der Waals surface area (Å²) in [6.07, 6.45) is 6.23. The number of nitrogens with zero attached hydrogens (tertiary/aromatic N) is 4. The van der Waals surface area contributed by atoms with Gasteiger partial charge in [0.15, 0.2) is 4.77 Å². The van der Waals surface area contributed by atoms with Crippen LogP contribution in [0.3, 0.4) is 0 Å². The third-order valence-corrected chi connectivity index (χ3v) is 4.69. The van der Waals surface area contributed by atoms with Gasteiger partial charge in [0.25, 0.3) is 0 Å². The van der Waals surface area contributed by atoms with Gasteiger partial charge in [-0.3, -0.25) is 9.69 Å². The van der Waals surface area contributed by atoms with Crippen molar-refractivity contribution in [1.82, 2.24) is 24.6 Å². The average Bonchev–Trinajstić information content (AvgIpc) is 2.71. The van der Waals surface area contributed by atoms with E-state index in [0.717, 1.165) is 10.6 Å². The van der Waals surface area contributed by atoms with E-state index >= 15 is 0 Å². The number of hydrogen-bond donors (Lipinski definition) is 1. The maximum atomic E-state index is 12.1. The standard InChI is InChI=1S/C17H31N5OS/c1-13-19-21(12-20(5)11-15(23)18-17(2,3)4)16(24)22(13)14-9-7-6-8-10-14/h14H,6-12H2,1-5H3,(H,18,23). The molecule has 1 aliphatic carbocycles. The zero-order chi connectivity index (χ0) is 17.9. The molecule has 1 heterocycles. The van der Waals surface area contributed by atoms with Crippen LogP contribution < -0.4 is 5.32 Å². The molecule has 1 amide bonds. The number of carbonyl (C=O) groups is 1. The van der Waals surface area contributed by atoms with Crippen molar-refractivity contribution >= 4 is 18.1 Å². The molecule has 1 fully saturated rings. The van der Waals surface area contributed by atoms with Crippen LogP contribution in [-0.2, 0) is 11.5 Å². The van der Waals surface area contributed by atoms with Crippen molar-refractivity contribution in [2.24, 2.45) is 0 Å². The molecule has 1 aromatic rings. The predicted octanol–water partition coefficient (Wildman–Crippen LogP) is 3.03. The second-order valence-corrected chi connectivity index (χ2v) is 8.31. The molecule has 0 unspecified atom stereocenters. The first-order valence-electron chi connectivity index (χ1n) is 8.83. The van der Waals surface area contributed by atoms with E-state index in [9.17, 15) is 4.79 Å². The van der Waals surface area contributed by atoms with Crippen molar-refractivity contribution in [1.29, 1.82) is 0 Å². The van der Waals surface area contributed by atoms with E-state index in [1.807, 2.05) is 44.3 Å². The number of amides is 1. The van der Waals surface area contributed by atoms with E-state index < -0.39 is 0 Å². The number of aryl methyl sites for hydroxylation is 1. The van der Waals surface area contributed by atoms with Gasteiger partial charge < -0.3 is 9.88 Å². The van der Waals surface area contributed by atoms with Crippen molar-refractivity contribution in [2.75, 3.05) is 13.6 Å². The van der Waals surface area contributed by atoms with E-state index in [0.29, 0.717) is 19.3 Å². The van der Waals surface area contributed by atoms with Gasteiger partial charge in [-0.15, -0.1) is 0 Å². The highest BCUT2D eigenvalue weighted by Gasteiger charge is 2.21. The van der Waals surface area contributed by atoms with Gasteiger partial charge in [0, 0.05) is 11.6 Å². The van der Waals surface area contributed by atoms with Gasteiger partial charge >= 0.3 is 0 Å². The largest absolute Gasteiger partial charge is 0.350 e. The summed E-state index contributed by atoms with van der Waals surface area (Å²) in [7, 11) is 1.92. The Labute approximate surface area is 150 Å². The van der Waals surface area contributed by atoms with Crippen LogP contribution in [0.5, 0.6) is 0 Å². The lowest BCUT2D eigenvalue weighted by molar-refractivity contribution is -0.123. The van der Waals surface area contributed by atoms with Crippen LogP contribution >= 0.6 is 12.2 Å². The smallest absolute Gasteiger partial charge is 0.234 e. The van der Waals surface area contributed by atoms with E-state index in [-0.39, 0.29) is 11.4 Å². The van der Waals surface area contributed by atoms with E-state index in [4.69, 9.17) is 12.2 Å². The molecule has 1 aromatic heterocycles. The monoisotopic (exact) mass is 353 g/mol. The minimum Gasteiger partial charge on any atom is -0.350 e. The third-order valence-electron chi connectivity index (χ3n) is 4.28. The first-order valence-corrected chi connectivity index (χ1v) is 9.24. The zero-order valence-corrected chi connectivity index (χ0v) is 16.4. The summed E-state index contributed by atoms with van der Waals surface area (Å²) in [6.45, 7) is 8.82. The minimum atomic E-state index is -0.215.